The van der Waals surface area contributed by atoms with E-state index in [2.05, 4.69) is 20.9 Å². The van der Waals surface area contributed by atoms with Crippen LogP contribution in [0.3, 0.4) is 0 Å². The maximum Gasteiger partial charge on any atom is 0.319 e. The molecule has 3 N–H and O–H groups in total. The molecular weight excluding hydrogens is 466 g/mol. The Hall–Kier alpha value is -3.75. The number of nitro benzene ring substituents is 1. The Balaban J connectivity index is 1.10. The first-order chi connectivity index (χ1) is 18.1. The molecule has 3 aromatic rings. The smallest absolute Gasteiger partial charge is 0.319 e. The number of likely N-dealkylation sites (tertiary alicyclic amines) is 1. The van der Waals surface area contributed by atoms with Crippen molar-refractivity contribution in [1.82, 2.24) is 15.5 Å². The van der Waals surface area contributed by atoms with Gasteiger partial charge >= 0.3 is 6.03 Å². The number of amides is 2. The minimum atomic E-state index is -0.373. The van der Waals surface area contributed by atoms with Gasteiger partial charge in [-0.05, 0) is 62.5 Å². The first-order valence-electron chi connectivity index (χ1n) is 13.0. The van der Waals surface area contributed by atoms with Crippen molar-refractivity contribution in [3.05, 3.63) is 94.5 Å². The molecule has 0 atom stereocenters. The summed E-state index contributed by atoms with van der Waals surface area (Å²) < 4.78 is 0. The summed E-state index contributed by atoms with van der Waals surface area (Å²) in [6, 6.07) is 24.7. The van der Waals surface area contributed by atoms with Gasteiger partial charge in [-0.15, -0.1) is 0 Å². The Morgan fingerprint density at radius 3 is 2.35 bits per heavy atom. The molecule has 1 heterocycles. The fourth-order valence-corrected chi connectivity index (χ4v) is 4.68. The lowest BCUT2D eigenvalue weighted by Gasteiger charge is -2.32. The van der Waals surface area contributed by atoms with Crippen molar-refractivity contribution in [3.8, 4) is 11.1 Å². The summed E-state index contributed by atoms with van der Waals surface area (Å²) >= 11 is 0. The van der Waals surface area contributed by atoms with Crippen LogP contribution in [0.2, 0.25) is 0 Å². The van der Waals surface area contributed by atoms with Crippen molar-refractivity contribution in [2.75, 3.05) is 38.0 Å². The van der Waals surface area contributed by atoms with Gasteiger partial charge in [-0.25, -0.2) is 4.79 Å². The van der Waals surface area contributed by atoms with Crippen LogP contribution in [0, 0.1) is 10.1 Å². The molecular formula is C29H35N5O3. The zero-order valence-corrected chi connectivity index (χ0v) is 21.1. The average molecular weight is 502 g/mol. The number of non-ortho nitro benzene ring substituents is 1. The maximum absolute atomic E-state index is 12.7. The molecule has 0 spiro atoms. The lowest BCUT2D eigenvalue weighted by Crippen LogP contribution is -2.46. The van der Waals surface area contributed by atoms with Crippen LogP contribution in [-0.4, -0.2) is 54.6 Å². The van der Waals surface area contributed by atoms with E-state index in [1.165, 1.54) is 0 Å². The second kappa shape index (κ2) is 13.5. The quantitative estimate of drug-likeness (QED) is 0.194. The highest BCUT2D eigenvalue weighted by Gasteiger charge is 2.20. The zero-order valence-electron chi connectivity index (χ0n) is 21.1. The summed E-state index contributed by atoms with van der Waals surface area (Å²) in [5.41, 5.74) is 4.12. The molecule has 3 aromatic carbocycles. The number of rotatable bonds is 11. The number of anilines is 1. The van der Waals surface area contributed by atoms with Gasteiger partial charge in [-0.1, -0.05) is 60.7 Å². The molecule has 1 fully saturated rings. The Labute approximate surface area is 218 Å². The van der Waals surface area contributed by atoms with E-state index in [9.17, 15) is 14.9 Å². The number of piperidine rings is 1. The van der Waals surface area contributed by atoms with Gasteiger partial charge in [0.05, 0.1) is 10.6 Å². The maximum atomic E-state index is 12.7. The SMILES string of the molecule is O=C(Nc1ccccc1-c1ccccc1)NC1CCN(CCCNCCc2ccc([N+](=O)[O-])cc2)CC1. The first-order valence-corrected chi connectivity index (χ1v) is 13.0. The zero-order chi connectivity index (χ0) is 25.9. The Morgan fingerprint density at radius 2 is 1.62 bits per heavy atom. The fraction of sp³-hybridized carbons (Fsp3) is 0.345. The van der Waals surface area contributed by atoms with Crippen molar-refractivity contribution in [1.29, 1.82) is 0 Å². The highest BCUT2D eigenvalue weighted by Crippen LogP contribution is 2.27. The lowest BCUT2D eigenvalue weighted by molar-refractivity contribution is -0.384. The monoisotopic (exact) mass is 501 g/mol. The predicted octanol–water partition coefficient (Wildman–Crippen LogP) is 5.07. The van der Waals surface area contributed by atoms with E-state index in [1.807, 2.05) is 66.7 Å². The number of para-hydroxylation sites is 1. The van der Waals surface area contributed by atoms with E-state index in [4.69, 9.17) is 0 Å². The highest BCUT2D eigenvalue weighted by atomic mass is 16.6. The molecule has 8 heteroatoms. The normalized spacial score (nSPS) is 14.3. The molecule has 8 nitrogen and oxygen atoms in total. The van der Waals surface area contributed by atoms with Gasteiger partial charge in [-0.3, -0.25) is 10.1 Å². The third-order valence-electron chi connectivity index (χ3n) is 6.75. The van der Waals surface area contributed by atoms with Crippen molar-refractivity contribution in [2.24, 2.45) is 0 Å². The topological polar surface area (TPSA) is 99.5 Å². The molecule has 4 rings (SSSR count). The lowest BCUT2D eigenvalue weighted by atomic mass is 10.0. The van der Waals surface area contributed by atoms with Crippen LogP contribution in [0.5, 0.6) is 0 Å². The number of urea groups is 1. The predicted molar refractivity (Wildman–Crippen MR) is 148 cm³/mol. The molecule has 1 saturated heterocycles. The minimum absolute atomic E-state index is 0.129. The number of hydrogen-bond donors (Lipinski definition) is 3. The van der Waals surface area contributed by atoms with E-state index in [0.29, 0.717) is 0 Å². The molecule has 0 bridgehead atoms. The second-order valence-electron chi connectivity index (χ2n) is 9.40. The average Bonchev–Trinajstić information content (AvgIpc) is 2.92. The van der Waals surface area contributed by atoms with Gasteiger partial charge < -0.3 is 20.9 Å². The summed E-state index contributed by atoms with van der Waals surface area (Å²) in [5.74, 6) is 0. The van der Waals surface area contributed by atoms with E-state index < -0.39 is 0 Å². The molecule has 37 heavy (non-hydrogen) atoms. The second-order valence-corrected chi connectivity index (χ2v) is 9.40. The number of carbonyl (C=O) groups is 1. The molecule has 0 aliphatic carbocycles. The van der Waals surface area contributed by atoms with Gasteiger partial charge in [0.25, 0.3) is 5.69 Å². The van der Waals surface area contributed by atoms with Crippen LogP contribution < -0.4 is 16.0 Å². The molecule has 2 amide bonds. The Morgan fingerprint density at radius 1 is 0.919 bits per heavy atom. The molecule has 0 unspecified atom stereocenters. The Kier molecular flexibility index (Phi) is 9.62. The van der Waals surface area contributed by atoms with Gasteiger partial charge in [-0.2, -0.15) is 0 Å². The minimum Gasteiger partial charge on any atom is -0.335 e. The summed E-state index contributed by atoms with van der Waals surface area (Å²) in [7, 11) is 0. The standard InChI is InChI=1S/C29H35N5O3/c35-29(32-28-10-5-4-9-27(28)24-7-2-1-3-8-24)31-25-16-21-33(22-17-25)20-6-18-30-19-15-23-11-13-26(14-12-23)34(36)37/h1-5,7-14,25,30H,6,15-22H2,(H2,31,32,35). The molecule has 0 saturated carbocycles. The van der Waals surface area contributed by atoms with Crippen LogP contribution in [0.15, 0.2) is 78.9 Å². The Bertz CT molecular complexity index is 1150. The van der Waals surface area contributed by atoms with Gasteiger partial charge in [0.2, 0.25) is 0 Å². The van der Waals surface area contributed by atoms with Crippen molar-refractivity contribution in [3.63, 3.8) is 0 Å². The summed E-state index contributed by atoms with van der Waals surface area (Å²) in [6.45, 7) is 4.79. The largest absolute Gasteiger partial charge is 0.335 e. The summed E-state index contributed by atoms with van der Waals surface area (Å²) in [5, 5.41) is 20.4. The van der Waals surface area contributed by atoms with Crippen LogP contribution in [-0.2, 0) is 6.42 Å². The van der Waals surface area contributed by atoms with E-state index in [-0.39, 0.29) is 22.7 Å². The molecule has 0 radical (unpaired) electrons. The highest BCUT2D eigenvalue weighted by molar-refractivity contribution is 5.94. The number of carbonyl (C=O) groups excluding carboxylic acids is 1. The molecule has 0 aromatic heterocycles. The third kappa shape index (κ3) is 8.13. The van der Waals surface area contributed by atoms with Crippen LogP contribution in [0.4, 0.5) is 16.2 Å². The van der Waals surface area contributed by atoms with Gasteiger partial charge in [0.15, 0.2) is 0 Å². The van der Waals surface area contributed by atoms with E-state index in [0.717, 1.165) is 80.8 Å². The van der Waals surface area contributed by atoms with Crippen molar-refractivity contribution < 1.29 is 9.72 Å². The third-order valence-corrected chi connectivity index (χ3v) is 6.75. The summed E-state index contributed by atoms with van der Waals surface area (Å²) in [6.07, 6.45) is 3.81. The van der Waals surface area contributed by atoms with Crippen molar-refractivity contribution >= 4 is 17.4 Å². The van der Waals surface area contributed by atoms with Crippen LogP contribution in [0.25, 0.3) is 11.1 Å². The molecule has 1 aliphatic heterocycles. The van der Waals surface area contributed by atoms with Crippen molar-refractivity contribution in [2.45, 2.75) is 31.7 Å². The number of nitrogens with zero attached hydrogens (tertiary/aromatic N) is 2. The van der Waals surface area contributed by atoms with Gasteiger partial charge in [0, 0.05) is 36.8 Å². The summed E-state index contributed by atoms with van der Waals surface area (Å²) in [4.78, 5) is 25.5. The molecule has 194 valence electrons. The van der Waals surface area contributed by atoms with E-state index >= 15 is 0 Å². The first kappa shape index (κ1) is 26.3. The number of nitro groups is 1. The number of nitrogens with one attached hydrogen (secondary N) is 3. The van der Waals surface area contributed by atoms with E-state index in [1.54, 1.807) is 12.1 Å². The molecule has 1 aliphatic rings. The number of benzene rings is 3. The fourth-order valence-electron chi connectivity index (χ4n) is 4.68. The van der Waals surface area contributed by atoms with Crippen LogP contribution in [0.1, 0.15) is 24.8 Å². The van der Waals surface area contributed by atoms with Gasteiger partial charge in [0.1, 0.15) is 0 Å². The number of hydrogen-bond acceptors (Lipinski definition) is 5. The van der Waals surface area contributed by atoms with Crippen LogP contribution >= 0.6 is 0 Å².